The van der Waals surface area contributed by atoms with Gasteiger partial charge in [-0.2, -0.15) is 0 Å². The maximum atomic E-state index is 11.7. The zero-order valence-corrected chi connectivity index (χ0v) is 6.11. The maximum absolute atomic E-state index is 11.7. The lowest BCUT2D eigenvalue weighted by Crippen LogP contribution is -2.25. The van der Waals surface area contributed by atoms with E-state index in [1.165, 1.54) is 0 Å². The Morgan fingerprint density at radius 1 is 1.33 bits per heavy atom. The van der Waals surface area contributed by atoms with E-state index >= 15 is 0 Å². The van der Waals surface area contributed by atoms with Crippen LogP contribution < -0.4 is 0 Å². The van der Waals surface area contributed by atoms with E-state index in [0.29, 0.717) is 12.8 Å². The van der Waals surface area contributed by atoms with Gasteiger partial charge in [-0.25, -0.2) is 5.11 Å². The lowest BCUT2D eigenvalue weighted by atomic mass is 9.94. The van der Waals surface area contributed by atoms with E-state index in [9.17, 15) is 9.50 Å². The minimum absolute atomic E-state index is 0.167. The Bertz CT molecular complexity index is 69.3. The first kappa shape index (κ1) is 8.89. The fraction of sp³-hybridized carbons (Fsp3) is 1.00. The molecule has 0 aromatic rings. The topological polar surface area (TPSA) is 19.9 Å². The van der Waals surface area contributed by atoms with E-state index in [0.717, 1.165) is 0 Å². The number of alkyl halides is 1. The molecule has 0 saturated carbocycles. The molecule has 0 saturated heterocycles. The van der Waals surface area contributed by atoms with Crippen LogP contribution in [0.4, 0.5) is 4.39 Å². The molecule has 9 heavy (non-hydrogen) atoms. The molecule has 0 aromatic heterocycles. The quantitative estimate of drug-likeness (QED) is 0.561. The number of hydrogen-bond donors (Lipinski definition) is 0. The molecule has 0 N–H and O–H groups in total. The smallest absolute Gasteiger partial charge is 0.106 e. The highest BCUT2D eigenvalue weighted by Crippen LogP contribution is 2.19. The van der Waals surface area contributed by atoms with Crippen molar-refractivity contribution in [2.45, 2.75) is 38.7 Å². The Balaban J connectivity index is 3.62. The van der Waals surface area contributed by atoms with Gasteiger partial charge in [-0.3, -0.25) is 4.39 Å². The summed E-state index contributed by atoms with van der Waals surface area (Å²) < 4.78 is 11.7. The van der Waals surface area contributed by atoms with Crippen LogP contribution in [0.1, 0.15) is 33.1 Å². The Hall–Kier alpha value is -0.110. The van der Waals surface area contributed by atoms with Crippen LogP contribution >= 0.6 is 0 Å². The molecule has 0 fully saturated rings. The zero-order chi connectivity index (χ0) is 7.33. The molecule has 0 aliphatic rings. The monoisotopic (exact) mass is 133 g/mol. The first-order valence-electron chi connectivity index (χ1n) is 3.45. The zero-order valence-electron chi connectivity index (χ0n) is 6.11. The second-order valence-corrected chi connectivity index (χ2v) is 2.33. The van der Waals surface area contributed by atoms with Crippen molar-refractivity contribution in [2.24, 2.45) is 0 Å². The van der Waals surface area contributed by atoms with E-state index in [4.69, 9.17) is 0 Å². The largest absolute Gasteiger partial charge is 0.251 e. The Morgan fingerprint density at radius 2 is 1.78 bits per heavy atom. The van der Waals surface area contributed by atoms with E-state index in [1.807, 2.05) is 13.8 Å². The van der Waals surface area contributed by atoms with E-state index < -0.39 is 12.3 Å². The van der Waals surface area contributed by atoms with Crippen molar-refractivity contribution in [2.75, 3.05) is 6.67 Å². The molecule has 0 unspecified atom stereocenters. The van der Waals surface area contributed by atoms with Crippen molar-refractivity contribution in [1.29, 1.82) is 0 Å². The third-order valence-corrected chi connectivity index (χ3v) is 1.84. The molecule has 1 nitrogen and oxygen atoms in total. The van der Waals surface area contributed by atoms with Gasteiger partial charge in [0.1, 0.15) is 5.60 Å². The molecule has 0 spiro atoms. The fourth-order valence-electron chi connectivity index (χ4n) is 0.776. The predicted octanol–water partition coefficient (Wildman–Crippen LogP) is 2.34. The molecule has 0 atom stereocenters. The van der Waals surface area contributed by atoms with Gasteiger partial charge in [0.2, 0.25) is 0 Å². The summed E-state index contributed by atoms with van der Waals surface area (Å²) >= 11 is 0. The maximum Gasteiger partial charge on any atom is 0.106 e. The fourth-order valence-corrected chi connectivity index (χ4v) is 0.776. The number of halogens is 1. The average Bonchev–Trinajstić information content (AvgIpc) is 1.89. The second-order valence-electron chi connectivity index (χ2n) is 2.33. The van der Waals surface area contributed by atoms with Gasteiger partial charge in [-0.1, -0.05) is 13.8 Å². The second kappa shape index (κ2) is 3.83. The minimum Gasteiger partial charge on any atom is -0.251 e. The summed E-state index contributed by atoms with van der Waals surface area (Å²) in [4.78, 5) is 0. The van der Waals surface area contributed by atoms with E-state index in [2.05, 4.69) is 0 Å². The predicted molar refractivity (Wildman–Crippen MR) is 34.6 cm³/mol. The van der Waals surface area contributed by atoms with Crippen LogP contribution in [-0.4, -0.2) is 12.3 Å². The number of hydrogen-bond acceptors (Lipinski definition) is 0. The molecule has 0 amide bonds. The van der Waals surface area contributed by atoms with Crippen LogP contribution in [0.5, 0.6) is 0 Å². The molecule has 0 rings (SSSR count). The van der Waals surface area contributed by atoms with Crippen LogP contribution in [0.15, 0.2) is 0 Å². The van der Waals surface area contributed by atoms with Crippen molar-refractivity contribution < 1.29 is 9.50 Å². The molecule has 2 heteroatoms. The highest BCUT2D eigenvalue weighted by molar-refractivity contribution is 4.73. The molecule has 0 aliphatic carbocycles. The highest BCUT2D eigenvalue weighted by Gasteiger charge is 2.23. The Kier molecular flexibility index (Phi) is 3.78. The average molecular weight is 133 g/mol. The summed E-state index contributed by atoms with van der Waals surface area (Å²) in [6, 6.07) is 0. The van der Waals surface area contributed by atoms with E-state index in [-0.39, 0.29) is 6.42 Å². The third-order valence-electron chi connectivity index (χ3n) is 1.84. The Morgan fingerprint density at radius 3 is 1.89 bits per heavy atom. The molecular formula is C7H14FO. The van der Waals surface area contributed by atoms with Crippen molar-refractivity contribution in [3.63, 3.8) is 0 Å². The Labute approximate surface area is 55.9 Å². The first-order chi connectivity index (χ1) is 4.18. The molecule has 0 heterocycles. The van der Waals surface area contributed by atoms with Gasteiger partial charge >= 0.3 is 0 Å². The summed E-state index contributed by atoms with van der Waals surface area (Å²) in [6.45, 7) is 3.14. The van der Waals surface area contributed by atoms with Crippen LogP contribution in [0.2, 0.25) is 0 Å². The van der Waals surface area contributed by atoms with Crippen LogP contribution in [0.3, 0.4) is 0 Å². The van der Waals surface area contributed by atoms with Gasteiger partial charge in [0.15, 0.2) is 0 Å². The van der Waals surface area contributed by atoms with Crippen LogP contribution in [0.25, 0.3) is 0 Å². The summed E-state index contributed by atoms with van der Waals surface area (Å²) in [6.07, 6.45) is 1.24. The van der Waals surface area contributed by atoms with Gasteiger partial charge in [-0.15, -0.1) is 0 Å². The van der Waals surface area contributed by atoms with Gasteiger partial charge in [0, 0.05) is 6.42 Å². The molecule has 0 aromatic carbocycles. The lowest BCUT2D eigenvalue weighted by molar-refractivity contribution is -0.0469. The van der Waals surface area contributed by atoms with Gasteiger partial charge in [-0.05, 0) is 12.8 Å². The van der Waals surface area contributed by atoms with Crippen LogP contribution in [0, 0.1) is 0 Å². The molecule has 1 radical (unpaired) electrons. The normalized spacial score (nSPS) is 12.0. The van der Waals surface area contributed by atoms with E-state index in [1.54, 1.807) is 0 Å². The third kappa shape index (κ3) is 2.80. The lowest BCUT2D eigenvalue weighted by Gasteiger charge is -2.19. The molecule has 0 bridgehead atoms. The van der Waals surface area contributed by atoms with Gasteiger partial charge in [0.05, 0.1) is 6.67 Å². The van der Waals surface area contributed by atoms with Gasteiger partial charge < -0.3 is 0 Å². The first-order valence-corrected chi connectivity index (χ1v) is 3.45. The summed E-state index contributed by atoms with van der Waals surface area (Å²) in [5.74, 6) is 0. The summed E-state index contributed by atoms with van der Waals surface area (Å²) in [5, 5.41) is 11.2. The van der Waals surface area contributed by atoms with Crippen molar-refractivity contribution in [3.8, 4) is 0 Å². The van der Waals surface area contributed by atoms with Gasteiger partial charge in [0.25, 0.3) is 0 Å². The van der Waals surface area contributed by atoms with Crippen molar-refractivity contribution in [1.82, 2.24) is 0 Å². The molecule has 0 aliphatic heterocycles. The molecule has 55 valence electrons. The van der Waals surface area contributed by atoms with Crippen molar-refractivity contribution >= 4 is 0 Å². The SMILES string of the molecule is CCC([O])(CC)CCF. The van der Waals surface area contributed by atoms with Crippen molar-refractivity contribution in [3.05, 3.63) is 0 Å². The summed E-state index contributed by atoms with van der Waals surface area (Å²) in [7, 11) is 0. The molecular weight excluding hydrogens is 119 g/mol. The standard InChI is InChI=1S/C7H14FO/c1-3-7(9,4-2)5-6-8/h3-6H2,1-2H3. The highest BCUT2D eigenvalue weighted by atomic mass is 19.1. The number of rotatable bonds is 4. The van der Waals surface area contributed by atoms with Crippen LogP contribution in [-0.2, 0) is 5.11 Å². The minimum atomic E-state index is -0.991. The summed E-state index contributed by atoms with van der Waals surface area (Å²) in [5.41, 5.74) is -0.991.